The van der Waals surface area contributed by atoms with Crippen LogP contribution in [0.15, 0.2) is 45.8 Å². The first-order valence-corrected chi connectivity index (χ1v) is 15.3. The highest BCUT2D eigenvalue weighted by atomic mass is 16.6. The van der Waals surface area contributed by atoms with Crippen molar-refractivity contribution < 1.29 is 47.6 Å². The summed E-state index contributed by atoms with van der Waals surface area (Å²) in [5.41, 5.74) is -0.0461. The highest BCUT2D eigenvalue weighted by molar-refractivity contribution is 5.87. The van der Waals surface area contributed by atoms with E-state index >= 15 is 0 Å². The molecule has 1 aliphatic heterocycles. The molecule has 1 aromatic rings. The third-order valence-electron chi connectivity index (χ3n) is 11.5. The molecule has 5 rings (SSSR count). The van der Waals surface area contributed by atoms with Crippen LogP contribution < -0.4 is 0 Å². The summed E-state index contributed by atoms with van der Waals surface area (Å²) < 4.78 is 29.9. The topological polar surface area (TPSA) is 139 Å². The lowest BCUT2D eigenvalue weighted by Gasteiger charge is -2.66. The van der Waals surface area contributed by atoms with Gasteiger partial charge in [-0.2, -0.15) is 0 Å². The number of esters is 3. The molecule has 0 amide bonds. The fourth-order valence-electron chi connectivity index (χ4n) is 9.38. The second-order valence-electron chi connectivity index (χ2n) is 13.7. The molecule has 10 nitrogen and oxygen atoms in total. The van der Waals surface area contributed by atoms with Crippen LogP contribution in [0.2, 0.25) is 0 Å². The summed E-state index contributed by atoms with van der Waals surface area (Å²) in [6.45, 7) is 12.3. The van der Waals surface area contributed by atoms with Crippen molar-refractivity contribution in [3.8, 4) is 0 Å². The average molecular weight is 613 g/mol. The minimum absolute atomic E-state index is 0.0455. The molecular formula is C34H44O10. The van der Waals surface area contributed by atoms with E-state index in [1.165, 1.54) is 14.0 Å². The number of aldehydes is 1. The Labute approximate surface area is 258 Å². The van der Waals surface area contributed by atoms with E-state index in [0.717, 1.165) is 16.7 Å². The highest BCUT2D eigenvalue weighted by Crippen LogP contribution is 2.72. The van der Waals surface area contributed by atoms with Crippen LogP contribution in [0.1, 0.15) is 79.2 Å². The number of carbonyl (C=O) groups is 4. The SMILES string of the molecule is C/C=C(\C)C(=O)O[C@H]1C[C@@H](O)[C@@](C)(C=O)C2[C@@H](OC(C)=O)C3O[C@H]4C(=C(C)C[C@@H]4c4ccoc4)[C@@]3(C)C(CC(=O)OC)[C@]21C. The zero-order valence-electron chi connectivity index (χ0n) is 26.7. The third-order valence-corrected chi connectivity index (χ3v) is 11.5. The van der Waals surface area contributed by atoms with E-state index in [2.05, 4.69) is 6.92 Å². The van der Waals surface area contributed by atoms with Gasteiger partial charge in [0.15, 0.2) is 0 Å². The quantitative estimate of drug-likeness (QED) is 0.154. The van der Waals surface area contributed by atoms with E-state index in [1.54, 1.807) is 39.4 Å². The maximum atomic E-state index is 13.3. The number of methoxy groups -OCH3 is 1. The van der Waals surface area contributed by atoms with Gasteiger partial charge in [0.25, 0.3) is 0 Å². The molecule has 0 radical (unpaired) electrons. The Kier molecular flexibility index (Phi) is 8.25. The molecule has 0 bridgehead atoms. The van der Waals surface area contributed by atoms with Crippen molar-refractivity contribution in [3.63, 3.8) is 0 Å². The number of hydrogen-bond donors (Lipinski definition) is 1. The van der Waals surface area contributed by atoms with Gasteiger partial charge in [-0.1, -0.05) is 25.5 Å². The van der Waals surface area contributed by atoms with Crippen molar-refractivity contribution in [3.05, 3.63) is 47.0 Å². The number of rotatable bonds is 7. The predicted octanol–water partition coefficient (Wildman–Crippen LogP) is 4.45. The Morgan fingerprint density at radius 2 is 1.86 bits per heavy atom. The van der Waals surface area contributed by atoms with Crippen molar-refractivity contribution in [1.82, 2.24) is 0 Å². The molecule has 10 heteroatoms. The van der Waals surface area contributed by atoms with E-state index in [9.17, 15) is 24.3 Å². The molecule has 3 fully saturated rings. The summed E-state index contributed by atoms with van der Waals surface area (Å²) in [4.78, 5) is 52.4. The molecule has 0 aromatic carbocycles. The van der Waals surface area contributed by atoms with Gasteiger partial charge in [0.2, 0.25) is 0 Å². The van der Waals surface area contributed by atoms with Crippen molar-refractivity contribution >= 4 is 24.2 Å². The van der Waals surface area contributed by atoms with Crippen LogP contribution in [0.25, 0.3) is 0 Å². The molecule has 4 aliphatic rings. The van der Waals surface area contributed by atoms with Gasteiger partial charge in [-0.3, -0.25) is 9.59 Å². The second-order valence-corrected chi connectivity index (χ2v) is 13.7. The monoisotopic (exact) mass is 612 g/mol. The van der Waals surface area contributed by atoms with E-state index < -0.39 is 76.5 Å². The second kappa shape index (κ2) is 11.3. The highest BCUT2D eigenvalue weighted by Gasteiger charge is 2.77. The van der Waals surface area contributed by atoms with E-state index in [1.807, 2.05) is 19.9 Å². The van der Waals surface area contributed by atoms with Gasteiger partial charge >= 0.3 is 17.9 Å². The summed E-state index contributed by atoms with van der Waals surface area (Å²) in [6.07, 6.45) is 1.87. The number of allylic oxidation sites excluding steroid dienone is 2. The average Bonchev–Trinajstić information content (AvgIpc) is 3.70. The Balaban J connectivity index is 1.79. The van der Waals surface area contributed by atoms with Gasteiger partial charge in [-0.05, 0) is 57.2 Å². The van der Waals surface area contributed by atoms with Gasteiger partial charge in [0.1, 0.15) is 24.6 Å². The normalized spacial score (nSPS) is 41.3. The molecule has 2 heterocycles. The van der Waals surface area contributed by atoms with E-state index in [-0.39, 0.29) is 18.8 Å². The largest absolute Gasteiger partial charge is 0.472 e. The molecule has 1 aromatic heterocycles. The summed E-state index contributed by atoms with van der Waals surface area (Å²) in [7, 11) is 1.32. The van der Waals surface area contributed by atoms with Crippen LogP contribution in [0.5, 0.6) is 0 Å². The Morgan fingerprint density at radius 1 is 1.16 bits per heavy atom. The Morgan fingerprint density at radius 3 is 2.43 bits per heavy atom. The molecule has 240 valence electrons. The number of ether oxygens (including phenoxy) is 4. The zero-order valence-corrected chi connectivity index (χ0v) is 26.7. The van der Waals surface area contributed by atoms with Crippen molar-refractivity contribution in [2.24, 2.45) is 28.1 Å². The van der Waals surface area contributed by atoms with Gasteiger partial charge in [-0.25, -0.2) is 4.79 Å². The molecule has 11 atom stereocenters. The molecule has 1 N–H and O–H groups in total. The van der Waals surface area contributed by atoms with Crippen LogP contribution in [-0.2, 0) is 38.1 Å². The van der Waals surface area contributed by atoms with Gasteiger partial charge in [0.05, 0.1) is 37.3 Å². The summed E-state index contributed by atoms with van der Waals surface area (Å²) >= 11 is 0. The number of fused-ring (bicyclic) bond motifs is 4. The molecule has 0 spiro atoms. The maximum absolute atomic E-state index is 13.3. The Hall–Kier alpha value is -3.24. The molecule has 2 saturated carbocycles. The fraction of sp³-hybridized carbons (Fsp3) is 0.647. The van der Waals surface area contributed by atoms with E-state index in [0.29, 0.717) is 18.3 Å². The first-order chi connectivity index (χ1) is 20.7. The van der Waals surface area contributed by atoms with Gasteiger partial charge in [-0.15, -0.1) is 0 Å². The van der Waals surface area contributed by atoms with Crippen LogP contribution in [-0.4, -0.2) is 66.9 Å². The van der Waals surface area contributed by atoms with Crippen LogP contribution in [0.3, 0.4) is 0 Å². The lowest BCUT2D eigenvalue weighted by molar-refractivity contribution is -0.279. The molecule has 3 aliphatic carbocycles. The summed E-state index contributed by atoms with van der Waals surface area (Å²) in [5.74, 6) is -3.17. The number of aliphatic hydroxyl groups is 1. The first-order valence-electron chi connectivity index (χ1n) is 15.3. The van der Waals surface area contributed by atoms with Crippen molar-refractivity contribution in [2.75, 3.05) is 7.11 Å². The number of carbonyl (C=O) groups excluding carboxylic acids is 4. The molecule has 1 saturated heterocycles. The summed E-state index contributed by atoms with van der Waals surface area (Å²) in [5, 5.41) is 11.6. The smallest absolute Gasteiger partial charge is 0.333 e. The van der Waals surface area contributed by atoms with Gasteiger partial charge < -0.3 is 33.3 Å². The number of furan rings is 1. The Bertz CT molecular complexity index is 1390. The molecule has 3 unspecified atom stereocenters. The lowest BCUT2D eigenvalue weighted by atomic mass is 9.39. The third kappa shape index (κ3) is 4.50. The van der Waals surface area contributed by atoms with Crippen LogP contribution >= 0.6 is 0 Å². The predicted molar refractivity (Wildman–Crippen MR) is 157 cm³/mol. The van der Waals surface area contributed by atoms with E-state index in [4.69, 9.17) is 23.4 Å². The summed E-state index contributed by atoms with van der Waals surface area (Å²) in [6, 6.07) is 1.91. The minimum atomic E-state index is -1.43. The molecular weight excluding hydrogens is 568 g/mol. The standard InChI is InChI=1S/C34H44O10/c1-9-17(2)31(39)43-24-14-23(37)32(5,16-35)29-28(42-19(4)36)30-34(7,22(33(24,29)6)13-25(38)40-8)26-18(3)12-21(27(26)44-30)20-10-11-41-15-20/h9-11,15-16,21-24,27-30,37H,12-14H2,1-8H3/b17-9+/t21-,22?,23-,24+,27-,28-,29?,30?,32-,33+,34-/m1/s1. The maximum Gasteiger partial charge on any atom is 0.333 e. The first kappa shape index (κ1) is 32.2. The molecule has 44 heavy (non-hydrogen) atoms. The van der Waals surface area contributed by atoms with Crippen LogP contribution in [0.4, 0.5) is 0 Å². The van der Waals surface area contributed by atoms with Crippen molar-refractivity contribution in [1.29, 1.82) is 0 Å². The van der Waals surface area contributed by atoms with Crippen LogP contribution in [0, 0.1) is 28.1 Å². The zero-order chi connectivity index (χ0) is 32.4. The fourth-order valence-corrected chi connectivity index (χ4v) is 9.38. The lowest BCUT2D eigenvalue weighted by Crippen LogP contribution is -2.73. The number of hydrogen-bond acceptors (Lipinski definition) is 10. The van der Waals surface area contributed by atoms with Gasteiger partial charge in [0, 0.05) is 48.0 Å². The minimum Gasteiger partial charge on any atom is -0.472 e. The van der Waals surface area contributed by atoms with Crippen molar-refractivity contribution in [2.45, 2.75) is 104 Å². The number of aliphatic hydroxyl groups excluding tert-OH is 1.